The molecule has 0 radical (unpaired) electrons. The van der Waals surface area contributed by atoms with Gasteiger partial charge in [0.2, 0.25) is 0 Å². The van der Waals surface area contributed by atoms with Crippen LogP contribution in [-0.4, -0.2) is 38.5 Å². The molecule has 0 aliphatic rings. The fourth-order valence-electron chi connectivity index (χ4n) is 3.34. The molecule has 0 unspecified atom stereocenters. The number of nitrogens with zero attached hydrogens (tertiary/aromatic N) is 3. The third-order valence-corrected chi connectivity index (χ3v) is 4.87. The van der Waals surface area contributed by atoms with Crippen LogP contribution >= 0.6 is 0 Å². The van der Waals surface area contributed by atoms with Gasteiger partial charge in [-0.25, -0.2) is 0 Å². The number of methoxy groups -OCH3 is 2. The average Bonchev–Trinajstić information content (AvgIpc) is 3.08. The summed E-state index contributed by atoms with van der Waals surface area (Å²) in [7, 11) is 5.18. The van der Waals surface area contributed by atoms with Gasteiger partial charge in [0.15, 0.2) is 6.29 Å². The van der Waals surface area contributed by atoms with E-state index in [1.165, 1.54) is 5.56 Å². The second kappa shape index (κ2) is 7.83. The van der Waals surface area contributed by atoms with Crippen molar-refractivity contribution in [2.24, 2.45) is 0 Å². The van der Waals surface area contributed by atoms with Crippen LogP contribution in [0, 0.1) is 25.2 Å². The minimum absolute atomic E-state index is 0.371. The molecule has 0 spiro atoms. The van der Waals surface area contributed by atoms with E-state index in [1.807, 2.05) is 18.9 Å². The van der Waals surface area contributed by atoms with Gasteiger partial charge in [0.05, 0.1) is 12.1 Å². The summed E-state index contributed by atoms with van der Waals surface area (Å²) in [6.07, 6.45) is 1.71. The molecule has 0 fully saturated rings. The lowest BCUT2D eigenvalue weighted by atomic mass is 10.1. The van der Waals surface area contributed by atoms with Gasteiger partial charge in [0, 0.05) is 38.5 Å². The van der Waals surface area contributed by atoms with Gasteiger partial charge in [-0.1, -0.05) is 29.8 Å². The summed E-state index contributed by atoms with van der Waals surface area (Å²) < 4.78 is 12.7. The Morgan fingerprint density at radius 1 is 1.07 bits per heavy atom. The van der Waals surface area contributed by atoms with Gasteiger partial charge in [-0.05, 0) is 37.1 Å². The van der Waals surface area contributed by atoms with Crippen molar-refractivity contribution < 1.29 is 9.47 Å². The molecule has 0 aliphatic carbocycles. The number of aromatic nitrogens is 1. The average molecular weight is 363 g/mol. The summed E-state index contributed by atoms with van der Waals surface area (Å²) in [5, 5.41) is 9.76. The molecule has 1 aromatic carbocycles. The fourth-order valence-corrected chi connectivity index (χ4v) is 3.34. The number of hydrogen-bond donors (Lipinski definition) is 0. The fraction of sp³-hybridized carbons (Fsp3) is 0.318. The number of anilines is 1. The summed E-state index contributed by atoms with van der Waals surface area (Å²) in [6, 6.07) is 15.0. The van der Waals surface area contributed by atoms with Crippen LogP contribution in [0.15, 0.2) is 42.6 Å². The molecule has 0 amide bonds. The molecular weight excluding hydrogens is 338 g/mol. The summed E-state index contributed by atoms with van der Waals surface area (Å²) in [4.78, 5) is 2.01. The van der Waals surface area contributed by atoms with Crippen molar-refractivity contribution >= 4 is 11.3 Å². The third-order valence-electron chi connectivity index (χ3n) is 4.87. The van der Waals surface area contributed by atoms with Gasteiger partial charge >= 0.3 is 0 Å². The summed E-state index contributed by atoms with van der Waals surface area (Å²) in [5.41, 5.74) is 6.16. The van der Waals surface area contributed by atoms with E-state index in [0.717, 1.165) is 28.0 Å². The number of likely N-dealkylation sites (N-methyl/N-ethyl adjacent to an activating group) is 1. The van der Waals surface area contributed by atoms with E-state index >= 15 is 0 Å². The van der Waals surface area contributed by atoms with Gasteiger partial charge in [-0.2, -0.15) is 5.26 Å². The minimum atomic E-state index is -0.371. The maximum atomic E-state index is 9.76. The van der Waals surface area contributed by atoms with E-state index in [1.54, 1.807) is 14.2 Å². The van der Waals surface area contributed by atoms with Gasteiger partial charge in [-0.15, -0.1) is 0 Å². The van der Waals surface area contributed by atoms with Crippen molar-refractivity contribution in [1.82, 2.24) is 4.40 Å². The lowest BCUT2D eigenvalue weighted by molar-refractivity contribution is -0.0945. The predicted molar refractivity (Wildman–Crippen MR) is 108 cm³/mol. The van der Waals surface area contributed by atoms with E-state index in [0.29, 0.717) is 12.1 Å². The number of aryl methyl sites for hydroxylation is 2. The van der Waals surface area contributed by atoms with E-state index in [-0.39, 0.29) is 6.29 Å². The summed E-state index contributed by atoms with van der Waals surface area (Å²) >= 11 is 0. The molecule has 5 heteroatoms. The molecule has 5 nitrogen and oxygen atoms in total. The highest BCUT2D eigenvalue weighted by Gasteiger charge is 2.19. The summed E-state index contributed by atoms with van der Waals surface area (Å²) in [5.74, 6) is 0.838. The first-order valence-electron chi connectivity index (χ1n) is 8.88. The smallest absolute Gasteiger partial charge is 0.174 e. The van der Waals surface area contributed by atoms with Crippen molar-refractivity contribution in [1.29, 1.82) is 5.26 Å². The Labute approximate surface area is 160 Å². The molecule has 0 atom stereocenters. The zero-order chi connectivity index (χ0) is 19.6. The maximum absolute atomic E-state index is 9.76. The quantitative estimate of drug-likeness (QED) is 0.617. The number of nitriles is 1. The van der Waals surface area contributed by atoms with E-state index in [4.69, 9.17) is 9.47 Å². The topological polar surface area (TPSA) is 49.9 Å². The summed E-state index contributed by atoms with van der Waals surface area (Å²) in [6.45, 7) is 4.56. The van der Waals surface area contributed by atoms with Crippen LogP contribution in [0.5, 0.6) is 0 Å². The SMILES string of the molecule is COC(CN(C)c1c(C#N)c(C)cc2cc(-c3ccc(C)cc3)cn12)OC. The minimum Gasteiger partial charge on any atom is -0.355 e. The molecule has 0 N–H and O–H groups in total. The Morgan fingerprint density at radius 3 is 2.33 bits per heavy atom. The first-order chi connectivity index (χ1) is 13.0. The largest absolute Gasteiger partial charge is 0.355 e. The van der Waals surface area contributed by atoms with Crippen molar-refractivity contribution in [3.8, 4) is 17.2 Å². The Morgan fingerprint density at radius 2 is 1.74 bits per heavy atom. The van der Waals surface area contributed by atoms with E-state index < -0.39 is 0 Å². The molecule has 0 bridgehead atoms. The Hall–Kier alpha value is -2.81. The van der Waals surface area contributed by atoms with Gasteiger partial charge < -0.3 is 18.8 Å². The van der Waals surface area contributed by atoms with Gasteiger partial charge in [-0.3, -0.25) is 0 Å². The van der Waals surface area contributed by atoms with Gasteiger partial charge in [0.25, 0.3) is 0 Å². The Kier molecular flexibility index (Phi) is 5.50. The predicted octanol–water partition coefficient (Wildman–Crippen LogP) is 4.15. The highest BCUT2D eigenvalue weighted by molar-refractivity contribution is 5.75. The molecule has 0 aliphatic heterocycles. The Bertz CT molecular complexity index is 979. The molecular formula is C22H25N3O2. The first-order valence-corrected chi connectivity index (χ1v) is 8.88. The van der Waals surface area contributed by atoms with Crippen LogP contribution in [0.3, 0.4) is 0 Å². The second-order valence-corrected chi connectivity index (χ2v) is 6.81. The number of hydrogen-bond acceptors (Lipinski definition) is 4. The third kappa shape index (κ3) is 3.68. The van der Waals surface area contributed by atoms with Crippen LogP contribution < -0.4 is 4.90 Å². The number of rotatable bonds is 6. The highest BCUT2D eigenvalue weighted by Crippen LogP contribution is 2.31. The van der Waals surface area contributed by atoms with Gasteiger partial charge in [0.1, 0.15) is 11.9 Å². The molecule has 2 aromatic heterocycles. The molecule has 2 heterocycles. The number of benzene rings is 1. The first kappa shape index (κ1) is 19.0. The lowest BCUT2D eigenvalue weighted by Gasteiger charge is -2.26. The second-order valence-electron chi connectivity index (χ2n) is 6.81. The van der Waals surface area contributed by atoms with Crippen LogP contribution in [0.4, 0.5) is 5.82 Å². The van der Waals surface area contributed by atoms with Crippen molar-refractivity contribution in [2.45, 2.75) is 20.1 Å². The zero-order valence-electron chi connectivity index (χ0n) is 16.5. The molecule has 3 aromatic rings. The monoisotopic (exact) mass is 363 g/mol. The highest BCUT2D eigenvalue weighted by atomic mass is 16.7. The lowest BCUT2D eigenvalue weighted by Crippen LogP contribution is -2.33. The standard InChI is InChI=1S/C22H25N3O2/c1-15-6-8-17(9-7-15)18-11-19-10-16(2)20(12-23)22(25(19)13-18)24(3)14-21(26-4)27-5/h6-11,13,21H,14H2,1-5H3. The molecule has 27 heavy (non-hydrogen) atoms. The van der Waals surface area contributed by atoms with Crippen molar-refractivity contribution in [2.75, 3.05) is 32.7 Å². The van der Waals surface area contributed by atoms with Crippen molar-refractivity contribution in [3.63, 3.8) is 0 Å². The van der Waals surface area contributed by atoms with E-state index in [2.05, 4.69) is 60.0 Å². The maximum Gasteiger partial charge on any atom is 0.174 e. The van der Waals surface area contributed by atoms with Crippen LogP contribution in [-0.2, 0) is 9.47 Å². The molecule has 0 saturated carbocycles. The molecule has 0 saturated heterocycles. The van der Waals surface area contributed by atoms with Crippen LogP contribution in [0.1, 0.15) is 16.7 Å². The Balaban J connectivity index is 2.15. The molecule has 140 valence electrons. The zero-order valence-corrected chi connectivity index (χ0v) is 16.5. The number of fused-ring (bicyclic) bond motifs is 1. The van der Waals surface area contributed by atoms with Crippen LogP contribution in [0.2, 0.25) is 0 Å². The van der Waals surface area contributed by atoms with Crippen LogP contribution in [0.25, 0.3) is 16.6 Å². The number of pyridine rings is 1. The normalized spacial score (nSPS) is 11.1. The number of ether oxygens (including phenoxy) is 2. The van der Waals surface area contributed by atoms with Crippen molar-refractivity contribution in [3.05, 3.63) is 59.3 Å². The molecule has 3 rings (SSSR count). The van der Waals surface area contributed by atoms with E-state index in [9.17, 15) is 5.26 Å².